The van der Waals surface area contributed by atoms with Crippen LogP contribution in [0.2, 0.25) is 0 Å². The highest BCUT2D eigenvalue weighted by atomic mass is 32.2. The number of carbonyl (C=O) groups is 1. The number of amides is 1. The van der Waals surface area contributed by atoms with E-state index in [1.54, 1.807) is 30.7 Å². The van der Waals surface area contributed by atoms with Gasteiger partial charge in [-0.1, -0.05) is 6.92 Å². The Balaban J connectivity index is 1.40. The van der Waals surface area contributed by atoms with Crippen molar-refractivity contribution in [2.75, 3.05) is 11.6 Å². The van der Waals surface area contributed by atoms with Crippen molar-refractivity contribution in [2.24, 2.45) is 5.73 Å². The zero-order chi connectivity index (χ0) is 30.3. The van der Waals surface area contributed by atoms with Crippen molar-refractivity contribution in [3.05, 3.63) is 72.6 Å². The predicted octanol–water partition coefficient (Wildman–Crippen LogP) is 4.50. The summed E-state index contributed by atoms with van der Waals surface area (Å²) in [5, 5.41) is 9.44. The Morgan fingerprint density at radius 2 is 1.86 bits per heavy atom. The van der Waals surface area contributed by atoms with Gasteiger partial charge in [0, 0.05) is 48.0 Å². The number of nitrogens with two attached hydrogens (primary N) is 1. The summed E-state index contributed by atoms with van der Waals surface area (Å²) in [6, 6.07) is 9.34. The molecule has 1 aromatic carbocycles. The summed E-state index contributed by atoms with van der Waals surface area (Å²) in [6.45, 7) is 1.94. The standard InChI is InChI=1S/C29H26FN9O3S/c1-3-4-23(40)35-20-10-17(12-32-14-20)18-11-22-25(38-39-27(22)34-13-18)29-36-24-21(5-6-33-28(24)37-29)15-7-16(9-19(30)8-15)26(31)43(2,41)42/h5-14,26H,3-4,31H2,1-2H3,(H,35,40)(H,33,36,37)(H,34,38,39). The second-order valence-electron chi connectivity index (χ2n) is 10.1. The molecule has 5 aromatic heterocycles. The first kappa shape index (κ1) is 28.1. The van der Waals surface area contributed by atoms with Gasteiger partial charge in [0.25, 0.3) is 0 Å². The van der Waals surface area contributed by atoms with Crippen molar-refractivity contribution < 1.29 is 17.6 Å². The van der Waals surface area contributed by atoms with E-state index in [0.29, 0.717) is 57.0 Å². The highest BCUT2D eigenvalue weighted by Crippen LogP contribution is 2.33. The van der Waals surface area contributed by atoms with Gasteiger partial charge in [-0.15, -0.1) is 0 Å². The summed E-state index contributed by atoms with van der Waals surface area (Å²) >= 11 is 0. The van der Waals surface area contributed by atoms with Crippen LogP contribution < -0.4 is 11.1 Å². The molecule has 5 N–H and O–H groups in total. The van der Waals surface area contributed by atoms with Crippen LogP contribution in [-0.4, -0.2) is 55.7 Å². The number of imidazole rings is 1. The first-order valence-electron chi connectivity index (χ1n) is 13.3. The normalized spacial score (nSPS) is 12.6. The van der Waals surface area contributed by atoms with Crippen molar-refractivity contribution in [2.45, 2.75) is 25.1 Å². The minimum atomic E-state index is -3.66. The number of fused-ring (bicyclic) bond motifs is 2. The first-order valence-corrected chi connectivity index (χ1v) is 15.3. The molecular weight excluding hydrogens is 573 g/mol. The number of benzene rings is 1. The van der Waals surface area contributed by atoms with E-state index >= 15 is 0 Å². The van der Waals surface area contributed by atoms with Gasteiger partial charge in [-0.05, 0) is 53.9 Å². The van der Waals surface area contributed by atoms with E-state index in [0.717, 1.165) is 29.9 Å². The number of nitrogens with zero attached hydrogens (tertiary/aromatic N) is 5. The van der Waals surface area contributed by atoms with E-state index < -0.39 is 21.0 Å². The van der Waals surface area contributed by atoms with E-state index in [4.69, 9.17) is 5.73 Å². The Morgan fingerprint density at radius 3 is 2.65 bits per heavy atom. The largest absolute Gasteiger partial charge is 0.335 e. The fourth-order valence-electron chi connectivity index (χ4n) is 4.80. The summed E-state index contributed by atoms with van der Waals surface area (Å²) in [5.41, 5.74) is 10.9. The average Bonchev–Trinajstić information content (AvgIpc) is 3.60. The van der Waals surface area contributed by atoms with Crippen LogP contribution in [0.5, 0.6) is 0 Å². The van der Waals surface area contributed by atoms with Crippen LogP contribution in [0.1, 0.15) is 30.7 Å². The van der Waals surface area contributed by atoms with E-state index in [1.807, 2.05) is 19.1 Å². The zero-order valence-corrected chi connectivity index (χ0v) is 23.9. The zero-order valence-electron chi connectivity index (χ0n) is 23.1. The van der Waals surface area contributed by atoms with Gasteiger partial charge in [0.2, 0.25) is 5.91 Å². The van der Waals surface area contributed by atoms with Gasteiger partial charge in [0.1, 0.15) is 16.9 Å². The monoisotopic (exact) mass is 599 g/mol. The quantitative estimate of drug-likeness (QED) is 0.195. The van der Waals surface area contributed by atoms with E-state index in [-0.39, 0.29) is 11.5 Å². The summed E-state index contributed by atoms with van der Waals surface area (Å²) < 4.78 is 38.7. The highest BCUT2D eigenvalue weighted by molar-refractivity contribution is 7.90. The molecular formula is C29H26FN9O3S. The van der Waals surface area contributed by atoms with E-state index in [9.17, 15) is 17.6 Å². The predicted molar refractivity (Wildman–Crippen MR) is 161 cm³/mol. The third kappa shape index (κ3) is 5.57. The third-order valence-electron chi connectivity index (χ3n) is 6.89. The number of halogens is 1. The van der Waals surface area contributed by atoms with E-state index in [2.05, 4.69) is 40.4 Å². The fraction of sp³-hybridized carbons (Fsp3) is 0.172. The van der Waals surface area contributed by atoms with Crippen LogP contribution in [0.15, 0.2) is 61.2 Å². The molecule has 6 rings (SSSR count). The van der Waals surface area contributed by atoms with Crippen molar-refractivity contribution in [3.8, 4) is 33.8 Å². The molecule has 0 spiro atoms. The number of H-pyrrole nitrogens is 2. The molecule has 0 aliphatic carbocycles. The molecule has 218 valence electrons. The lowest BCUT2D eigenvalue weighted by atomic mass is 10.0. The maximum atomic E-state index is 14.6. The van der Waals surface area contributed by atoms with Gasteiger partial charge in [0.15, 0.2) is 27.0 Å². The summed E-state index contributed by atoms with van der Waals surface area (Å²) in [7, 11) is -3.66. The number of nitrogens with one attached hydrogen (secondary N) is 3. The topological polar surface area (TPSA) is 185 Å². The van der Waals surface area contributed by atoms with Gasteiger partial charge < -0.3 is 16.0 Å². The number of hydrogen-bond donors (Lipinski definition) is 4. The van der Waals surface area contributed by atoms with Crippen molar-refractivity contribution >= 4 is 43.6 Å². The molecule has 0 radical (unpaired) electrons. The van der Waals surface area contributed by atoms with Gasteiger partial charge in [0.05, 0.1) is 22.8 Å². The van der Waals surface area contributed by atoms with Gasteiger partial charge in [-0.2, -0.15) is 5.10 Å². The SMILES string of the molecule is CCCC(=O)Nc1cncc(-c2cnc3n[nH]c(-c4nc5nccc(-c6cc(F)cc(C(N)S(C)(=O)=O)c6)c5[nH]4)c3c2)c1. The lowest BCUT2D eigenvalue weighted by Gasteiger charge is -2.12. The van der Waals surface area contributed by atoms with Crippen LogP contribution in [-0.2, 0) is 14.6 Å². The minimum Gasteiger partial charge on any atom is -0.335 e. The van der Waals surface area contributed by atoms with Crippen LogP contribution in [0.25, 0.3) is 56.0 Å². The maximum Gasteiger partial charge on any atom is 0.224 e. The molecule has 0 saturated carbocycles. The van der Waals surface area contributed by atoms with Crippen LogP contribution in [0.4, 0.5) is 10.1 Å². The number of pyridine rings is 3. The molecule has 5 heterocycles. The molecule has 1 unspecified atom stereocenters. The number of rotatable bonds is 8. The lowest BCUT2D eigenvalue weighted by Crippen LogP contribution is -2.20. The number of aromatic nitrogens is 7. The minimum absolute atomic E-state index is 0.0854. The van der Waals surface area contributed by atoms with Gasteiger partial charge in [-0.3, -0.25) is 14.9 Å². The molecule has 0 saturated heterocycles. The first-order chi connectivity index (χ1) is 20.6. The molecule has 6 aromatic rings. The van der Waals surface area contributed by atoms with Gasteiger partial charge >= 0.3 is 0 Å². The number of carbonyl (C=O) groups excluding carboxylic acids is 1. The Morgan fingerprint density at radius 1 is 1.05 bits per heavy atom. The van der Waals surface area contributed by atoms with E-state index in [1.165, 1.54) is 12.3 Å². The Labute approximate surface area is 244 Å². The molecule has 43 heavy (non-hydrogen) atoms. The fourth-order valence-corrected chi connectivity index (χ4v) is 5.43. The highest BCUT2D eigenvalue weighted by Gasteiger charge is 2.21. The van der Waals surface area contributed by atoms with Crippen LogP contribution in [0, 0.1) is 5.82 Å². The molecule has 0 fully saturated rings. The number of anilines is 1. The molecule has 0 aliphatic rings. The number of hydrogen-bond acceptors (Lipinski definition) is 9. The van der Waals surface area contributed by atoms with Crippen LogP contribution in [0.3, 0.4) is 0 Å². The Hall–Kier alpha value is -5.08. The average molecular weight is 600 g/mol. The molecule has 1 amide bonds. The molecule has 1 atom stereocenters. The smallest absolute Gasteiger partial charge is 0.224 e. The second-order valence-corrected chi connectivity index (χ2v) is 12.3. The Bertz CT molecular complexity index is 2130. The lowest BCUT2D eigenvalue weighted by molar-refractivity contribution is -0.116. The Kier molecular flexibility index (Phi) is 7.15. The van der Waals surface area contributed by atoms with Crippen LogP contribution >= 0.6 is 0 Å². The summed E-state index contributed by atoms with van der Waals surface area (Å²) in [6.07, 6.45) is 8.62. The molecule has 14 heteroatoms. The van der Waals surface area contributed by atoms with Crippen molar-refractivity contribution in [1.29, 1.82) is 0 Å². The molecule has 0 bridgehead atoms. The molecule has 12 nitrogen and oxygen atoms in total. The van der Waals surface area contributed by atoms with Crippen molar-refractivity contribution in [1.82, 2.24) is 35.1 Å². The summed E-state index contributed by atoms with van der Waals surface area (Å²) in [4.78, 5) is 33.1. The maximum absolute atomic E-state index is 14.6. The third-order valence-corrected chi connectivity index (χ3v) is 8.09. The second kappa shape index (κ2) is 11.0. The molecule has 0 aliphatic heterocycles. The van der Waals surface area contributed by atoms with Crippen molar-refractivity contribution in [3.63, 3.8) is 0 Å². The van der Waals surface area contributed by atoms with Gasteiger partial charge in [-0.25, -0.2) is 27.8 Å². The number of aromatic amines is 2. The summed E-state index contributed by atoms with van der Waals surface area (Å²) in [5.74, 6) is -0.296. The number of sulfone groups is 1.